The van der Waals surface area contributed by atoms with E-state index in [1.807, 2.05) is 6.07 Å². The fourth-order valence-electron chi connectivity index (χ4n) is 2.79. The number of nitrogens with zero attached hydrogens (tertiary/aromatic N) is 1. The maximum Gasteiger partial charge on any atom is 0.266 e. The Hall–Kier alpha value is -2.80. The zero-order valence-corrected chi connectivity index (χ0v) is 20.8. The number of benzene rings is 3. The van der Waals surface area contributed by atoms with Gasteiger partial charge in [-0.15, -0.1) is 0 Å². The zero-order chi connectivity index (χ0) is 24.0. The first kappa shape index (κ1) is 24.8. The normalized spacial score (nSPS) is 11.0. The van der Waals surface area contributed by atoms with Crippen LogP contribution in [0.15, 0.2) is 60.2 Å². The molecule has 168 valence electrons. The minimum absolute atomic E-state index is 0.112. The number of amides is 1. The fourth-order valence-corrected chi connectivity index (χ4v) is 3.87. The Morgan fingerprint density at radius 2 is 1.88 bits per heavy atom. The van der Waals surface area contributed by atoms with Crippen molar-refractivity contribution in [2.24, 2.45) is 0 Å². The summed E-state index contributed by atoms with van der Waals surface area (Å²) in [6.45, 7) is 0.220. The predicted molar refractivity (Wildman–Crippen MR) is 135 cm³/mol. The van der Waals surface area contributed by atoms with Crippen LogP contribution in [0.2, 0.25) is 10.0 Å². The number of ether oxygens (including phenoxy) is 2. The molecule has 0 aromatic heterocycles. The molecular formula is C24H16Cl2FIN2O3. The van der Waals surface area contributed by atoms with Crippen LogP contribution in [0.1, 0.15) is 11.1 Å². The first-order chi connectivity index (χ1) is 15.8. The number of carbonyl (C=O) groups is 1. The van der Waals surface area contributed by atoms with Crippen molar-refractivity contribution in [3.8, 4) is 17.6 Å². The second-order valence-corrected chi connectivity index (χ2v) is 8.68. The lowest BCUT2D eigenvalue weighted by Gasteiger charge is -2.14. The molecule has 0 aliphatic heterocycles. The lowest BCUT2D eigenvalue weighted by Crippen LogP contribution is -2.13. The average molecular weight is 597 g/mol. The highest BCUT2D eigenvalue weighted by atomic mass is 127. The minimum Gasteiger partial charge on any atom is -0.493 e. The first-order valence-corrected chi connectivity index (χ1v) is 11.3. The highest BCUT2D eigenvalue weighted by Crippen LogP contribution is 2.35. The van der Waals surface area contributed by atoms with E-state index in [4.69, 9.17) is 32.7 Å². The number of halogens is 4. The highest BCUT2D eigenvalue weighted by Gasteiger charge is 2.15. The number of nitrogens with one attached hydrogen (secondary N) is 1. The average Bonchev–Trinajstić information content (AvgIpc) is 2.79. The second-order valence-electron chi connectivity index (χ2n) is 6.70. The molecule has 3 aromatic rings. The smallest absolute Gasteiger partial charge is 0.266 e. The molecule has 5 nitrogen and oxygen atoms in total. The summed E-state index contributed by atoms with van der Waals surface area (Å²) in [6, 6.07) is 15.9. The van der Waals surface area contributed by atoms with Crippen LogP contribution in [0.3, 0.4) is 0 Å². The molecule has 0 atom stereocenters. The molecule has 3 rings (SSSR count). The van der Waals surface area contributed by atoms with E-state index in [1.54, 1.807) is 36.4 Å². The second kappa shape index (κ2) is 11.4. The Bertz CT molecular complexity index is 1260. The van der Waals surface area contributed by atoms with Crippen LogP contribution in [0.4, 0.5) is 10.1 Å². The van der Waals surface area contributed by atoms with E-state index in [1.165, 1.54) is 31.4 Å². The monoisotopic (exact) mass is 596 g/mol. The summed E-state index contributed by atoms with van der Waals surface area (Å²) in [5.41, 5.74) is 1.67. The molecule has 0 bridgehead atoms. The van der Waals surface area contributed by atoms with Crippen molar-refractivity contribution in [2.75, 3.05) is 12.4 Å². The maximum atomic E-state index is 13.1. The van der Waals surface area contributed by atoms with E-state index in [9.17, 15) is 14.4 Å². The summed E-state index contributed by atoms with van der Waals surface area (Å²) in [7, 11) is 1.49. The van der Waals surface area contributed by atoms with Crippen molar-refractivity contribution in [3.05, 3.63) is 90.7 Å². The first-order valence-electron chi connectivity index (χ1n) is 9.43. The van der Waals surface area contributed by atoms with Gasteiger partial charge in [0, 0.05) is 5.69 Å². The molecule has 0 radical (unpaired) electrons. The molecule has 3 aromatic carbocycles. The zero-order valence-electron chi connectivity index (χ0n) is 17.2. The number of carbonyl (C=O) groups excluding carboxylic acids is 1. The topological polar surface area (TPSA) is 71.3 Å². The summed E-state index contributed by atoms with van der Waals surface area (Å²) in [4.78, 5) is 12.6. The third-order valence-electron chi connectivity index (χ3n) is 4.40. The number of nitriles is 1. The summed E-state index contributed by atoms with van der Waals surface area (Å²) >= 11 is 13.9. The van der Waals surface area contributed by atoms with Crippen LogP contribution in [0.5, 0.6) is 11.5 Å². The number of hydrogen-bond donors (Lipinski definition) is 1. The number of hydrogen-bond acceptors (Lipinski definition) is 4. The highest BCUT2D eigenvalue weighted by molar-refractivity contribution is 14.1. The molecule has 0 unspecified atom stereocenters. The van der Waals surface area contributed by atoms with Gasteiger partial charge in [0.15, 0.2) is 11.5 Å². The number of methoxy groups -OCH3 is 1. The van der Waals surface area contributed by atoms with Gasteiger partial charge in [-0.25, -0.2) is 4.39 Å². The van der Waals surface area contributed by atoms with Crippen molar-refractivity contribution in [2.45, 2.75) is 6.61 Å². The third kappa shape index (κ3) is 6.60. The molecule has 0 saturated carbocycles. The fraction of sp³-hybridized carbons (Fsp3) is 0.0833. The van der Waals surface area contributed by atoms with Crippen molar-refractivity contribution < 1.29 is 18.7 Å². The van der Waals surface area contributed by atoms with Gasteiger partial charge in [0.05, 0.1) is 20.7 Å². The van der Waals surface area contributed by atoms with E-state index < -0.39 is 5.91 Å². The van der Waals surface area contributed by atoms with E-state index in [2.05, 4.69) is 27.9 Å². The largest absolute Gasteiger partial charge is 0.493 e. The van der Waals surface area contributed by atoms with E-state index in [-0.39, 0.29) is 23.0 Å². The van der Waals surface area contributed by atoms with E-state index >= 15 is 0 Å². The Kier molecular flexibility index (Phi) is 8.55. The molecule has 0 saturated heterocycles. The molecule has 33 heavy (non-hydrogen) atoms. The van der Waals surface area contributed by atoms with Gasteiger partial charge in [-0.1, -0.05) is 35.3 Å². The quantitative estimate of drug-likeness (QED) is 0.184. The molecule has 0 aliphatic rings. The summed E-state index contributed by atoms with van der Waals surface area (Å²) in [6.07, 6.45) is 1.45. The van der Waals surface area contributed by atoms with Gasteiger partial charge in [-0.2, -0.15) is 5.26 Å². The third-order valence-corrected chi connectivity index (χ3v) is 5.94. The molecule has 0 fully saturated rings. The van der Waals surface area contributed by atoms with Gasteiger partial charge in [0.25, 0.3) is 5.91 Å². The molecular weight excluding hydrogens is 581 g/mol. The van der Waals surface area contributed by atoms with Gasteiger partial charge in [0.1, 0.15) is 24.1 Å². The molecule has 1 amide bonds. The van der Waals surface area contributed by atoms with Gasteiger partial charge < -0.3 is 14.8 Å². The number of anilines is 1. The summed E-state index contributed by atoms with van der Waals surface area (Å²) < 4.78 is 25.1. The standard InChI is InChI=1S/C24H16Cl2FIN2O3/c1-32-22-10-15(9-21(28)23(22)33-13-14-2-4-17(27)5-3-14)8-16(12-29)24(31)30-18-6-7-19(25)20(26)11-18/h2-11H,13H2,1H3,(H,30,31)/b16-8+. The van der Waals surface area contributed by atoms with Gasteiger partial charge in [-0.3, -0.25) is 4.79 Å². The predicted octanol–water partition coefficient (Wildman–Crippen LogP) is 6.87. The van der Waals surface area contributed by atoms with Crippen molar-refractivity contribution in [1.82, 2.24) is 0 Å². The summed E-state index contributed by atoms with van der Waals surface area (Å²) in [5.74, 6) is 0.0100. The lowest BCUT2D eigenvalue weighted by atomic mass is 10.1. The Balaban J connectivity index is 1.81. The molecule has 9 heteroatoms. The van der Waals surface area contributed by atoms with Crippen LogP contribution in [-0.4, -0.2) is 13.0 Å². The SMILES string of the molecule is COc1cc(/C=C(\C#N)C(=O)Nc2ccc(Cl)c(Cl)c2)cc(I)c1OCc1ccc(F)cc1. The van der Waals surface area contributed by atoms with Gasteiger partial charge in [0.2, 0.25) is 0 Å². The van der Waals surface area contributed by atoms with E-state index in [0.717, 1.165) is 5.56 Å². The van der Waals surface area contributed by atoms with E-state index in [0.29, 0.717) is 31.3 Å². The van der Waals surface area contributed by atoms with Crippen molar-refractivity contribution in [3.63, 3.8) is 0 Å². The van der Waals surface area contributed by atoms with Crippen molar-refractivity contribution in [1.29, 1.82) is 5.26 Å². The summed E-state index contributed by atoms with van der Waals surface area (Å²) in [5, 5.41) is 12.8. The van der Waals surface area contributed by atoms with Crippen molar-refractivity contribution >= 4 is 63.5 Å². The Morgan fingerprint density at radius 3 is 2.52 bits per heavy atom. The van der Waals surface area contributed by atoms with Crippen LogP contribution >= 0.6 is 45.8 Å². The lowest BCUT2D eigenvalue weighted by molar-refractivity contribution is -0.112. The maximum absolute atomic E-state index is 13.1. The number of rotatable bonds is 7. The Labute approximate surface area is 213 Å². The van der Waals surface area contributed by atoms with Crippen LogP contribution < -0.4 is 14.8 Å². The minimum atomic E-state index is -0.596. The van der Waals surface area contributed by atoms with Gasteiger partial charge in [-0.05, 0) is 82.3 Å². The van der Waals surface area contributed by atoms with Gasteiger partial charge >= 0.3 is 0 Å². The van der Waals surface area contributed by atoms with Crippen LogP contribution in [0, 0.1) is 20.7 Å². The molecule has 0 spiro atoms. The molecule has 0 heterocycles. The Morgan fingerprint density at radius 1 is 1.15 bits per heavy atom. The van der Waals surface area contributed by atoms with Crippen LogP contribution in [0.25, 0.3) is 6.08 Å². The molecule has 0 aliphatic carbocycles. The molecule has 1 N–H and O–H groups in total. The van der Waals surface area contributed by atoms with Crippen LogP contribution in [-0.2, 0) is 11.4 Å².